The summed E-state index contributed by atoms with van der Waals surface area (Å²) < 4.78 is 0. The van der Waals surface area contributed by atoms with Gasteiger partial charge in [0.05, 0.1) is 0 Å². The predicted molar refractivity (Wildman–Crippen MR) is 83.2 cm³/mol. The second-order valence-corrected chi connectivity index (χ2v) is 5.75. The molecule has 0 bridgehead atoms. The van der Waals surface area contributed by atoms with Crippen LogP contribution in [0.1, 0.15) is 42.5 Å². The number of carbonyl (C=O) groups is 2. The molecule has 0 saturated carbocycles. The van der Waals surface area contributed by atoms with Gasteiger partial charge in [0, 0.05) is 18.2 Å². The first-order chi connectivity index (χ1) is 10.5. The Morgan fingerprint density at radius 1 is 1.36 bits per heavy atom. The fraction of sp³-hybridized carbons (Fsp3) is 0.500. The van der Waals surface area contributed by atoms with Crippen molar-refractivity contribution in [3.8, 4) is 5.75 Å². The molecule has 1 aliphatic rings. The number of aromatic carboxylic acids is 1. The van der Waals surface area contributed by atoms with Gasteiger partial charge in [-0.25, -0.2) is 4.79 Å². The molecule has 1 amide bonds. The minimum absolute atomic E-state index is 0.138. The van der Waals surface area contributed by atoms with E-state index in [1.54, 1.807) is 0 Å². The van der Waals surface area contributed by atoms with Gasteiger partial charge >= 0.3 is 5.97 Å². The third-order valence-corrected chi connectivity index (χ3v) is 4.14. The van der Waals surface area contributed by atoms with Crippen molar-refractivity contribution in [3.63, 3.8) is 0 Å². The minimum atomic E-state index is -1.22. The van der Waals surface area contributed by atoms with Crippen LogP contribution >= 0.6 is 0 Å². The van der Waals surface area contributed by atoms with Gasteiger partial charge in [0.1, 0.15) is 11.3 Å². The van der Waals surface area contributed by atoms with Gasteiger partial charge in [0.15, 0.2) is 0 Å². The van der Waals surface area contributed by atoms with Gasteiger partial charge in [-0.05, 0) is 51.1 Å². The highest BCUT2D eigenvalue weighted by molar-refractivity contribution is 5.95. The Balaban J connectivity index is 1.89. The summed E-state index contributed by atoms with van der Waals surface area (Å²) >= 11 is 0. The van der Waals surface area contributed by atoms with Crippen molar-refractivity contribution in [2.45, 2.75) is 38.1 Å². The number of benzene rings is 1. The number of nitrogens with zero attached hydrogens (tertiary/aromatic N) is 1. The molecule has 0 aliphatic carbocycles. The van der Waals surface area contributed by atoms with Crippen LogP contribution in [0.4, 0.5) is 5.69 Å². The average molecular weight is 306 g/mol. The lowest BCUT2D eigenvalue weighted by Gasteiger charge is -2.32. The van der Waals surface area contributed by atoms with Crippen LogP contribution in [0.2, 0.25) is 0 Å². The summed E-state index contributed by atoms with van der Waals surface area (Å²) in [6.45, 7) is 1.08. The van der Waals surface area contributed by atoms with E-state index in [2.05, 4.69) is 17.3 Å². The lowest BCUT2D eigenvalue weighted by Crippen LogP contribution is -2.36. The number of likely N-dealkylation sites (tertiary alicyclic amines) is 1. The van der Waals surface area contributed by atoms with Gasteiger partial charge in [-0.3, -0.25) is 4.79 Å². The Labute approximate surface area is 129 Å². The average Bonchev–Trinajstić information content (AvgIpc) is 2.48. The van der Waals surface area contributed by atoms with Crippen LogP contribution < -0.4 is 5.32 Å². The van der Waals surface area contributed by atoms with E-state index in [1.165, 1.54) is 31.0 Å². The van der Waals surface area contributed by atoms with Crippen LogP contribution in [-0.2, 0) is 4.79 Å². The monoisotopic (exact) mass is 306 g/mol. The maximum absolute atomic E-state index is 12.0. The van der Waals surface area contributed by atoms with Crippen molar-refractivity contribution in [2.75, 3.05) is 18.9 Å². The molecule has 1 aromatic carbocycles. The second kappa shape index (κ2) is 7.26. The number of rotatable bonds is 5. The Morgan fingerprint density at radius 3 is 2.82 bits per heavy atom. The maximum atomic E-state index is 12.0. The predicted octanol–water partition coefficient (Wildman–Crippen LogP) is 2.29. The quantitative estimate of drug-likeness (QED) is 0.726. The molecule has 3 N–H and O–H groups in total. The largest absolute Gasteiger partial charge is 0.507 e. The SMILES string of the molecule is CN1CCCCC1CCC(=O)Nc1ccc(O)c(C(=O)O)c1. The van der Waals surface area contributed by atoms with E-state index < -0.39 is 5.97 Å². The summed E-state index contributed by atoms with van der Waals surface area (Å²) in [5, 5.41) is 21.1. The van der Waals surface area contributed by atoms with E-state index in [-0.39, 0.29) is 17.2 Å². The number of piperidine rings is 1. The molecule has 1 atom stereocenters. The first-order valence-corrected chi connectivity index (χ1v) is 7.54. The Kier molecular flexibility index (Phi) is 5.38. The number of carboxylic acid groups (broad SMARTS) is 1. The van der Waals surface area contributed by atoms with Gasteiger partial charge in [-0.15, -0.1) is 0 Å². The van der Waals surface area contributed by atoms with Crippen LogP contribution in [0.25, 0.3) is 0 Å². The van der Waals surface area contributed by atoms with E-state index in [1.807, 2.05) is 0 Å². The molecule has 0 radical (unpaired) electrons. The van der Waals surface area contributed by atoms with Gasteiger partial charge in [-0.1, -0.05) is 6.42 Å². The summed E-state index contributed by atoms with van der Waals surface area (Å²) in [6.07, 6.45) is 4.73. The van der Waals surface area contributed by atoms with Crippen molar-refractivity contribution < 1.29 is 19.8 Å². The molecule has 1 saturated heterocycles. The number of phenols is 1. The first-order valence-electron chi connectivity index (χ1n) is 7.54. The molecule has 0 spiro atoms. The highest BCUT2D eigenvalue weighted by Crippen LogP contribution is 2.22. The molecule has 1 aliphatic heterocycles. The van der Waals surface area contributed by atoms with Crippen LogP contribution in [0.15, 0.2) is 18.2 Å². The topological polar surface area (TPSA) is 89.9 Å². The third kappa shape index (κ3) is 4.21. The van der Waals surface area contributed by atoms with Crippen molar-refractivity contribution in [1.82, 2.24) is 4.90 Å². The molecule has 2 rings (SSSR count). The summed E-state index contributed by atoms with van der Waals surface area (Å²) in [5.74, 6) is -1.67. The summed E-state index contributed by atoms with van der Waals surface area (Å²) in [7, 11) is 2.08. The molecule has 6 nitrogen and oxygen atoms in total. The van der Waals surface area contributed by atoms with Crippen molar-refractivity contribution >= 4 is 17.6 Å². The number of aromatic hydroxyl groups is 1. The first kappa shape index (κ1) is 16.3. The number of amides is 1. The zero-order valence-electron chi connectivity index (χ0n) is 12.7. The van der Waals surface area contributed by atoms with Crippen LogP contribution in [0.3, 0.4) is 0 Å². The van der Waals surface area contributed by atoms with E-state index in [9.17, 15) is 14.7 Å². The fourth-order valence-corrected chi connectivity index (χ4v) is 2.82. The summed E-state index contributed by atoms with van der Waals surface area (Å²) in [6, 6.07) is 4.47. The lowest BCUT2D eigenvalue weighted by atomic mass is 9.98. The van der Waals surface area contributed by atoms with Gasteiger partial charge in [0.25, 0.3) is 0 Å². The van der Waals surface area contributed by atoms with Crippen LogP contribution in [0.5, 0.6) is 5.75 Å². The van der Waals surface area contributed by atoms with Gasteiger partial charge in [-0.2, -0.15) is 0 Å². The molecule has 6 heteroatoms. The molecular formula is C16H22N2O4. The number of carboxylic acids is 1. The molecule has 1 heterocycles. The fourth-order valence-electron chi connectivity index (χ4n) is 2.82. The number of anilines is 1. The molecule has 1 unspecified atom stereocenters. The van der Waals surface area contributed by atoms with Gasteiger partial charge < -0.3 is 20.4 Å². The summed E-state index contributed by atoms with van der Waals surface area (Å²) in [4.78, 5) is 25.2. The smallest absolute Gasteiger partial charge is 0.339 e. The van der Waals surface area contributed by atoms with Crippen LogP contribution in [0, 0.1) is 0 Å². The van der Waals surface area contributed by atoms with Crippen LogP contribution in [-0.4, -0.2) is 46.6 Å². The molecule has 0 aromatic heterocycles. The number of hydrogen-bond donors (Lipinski definition) is 3. The lowest BCUT2D eigenvalue weighted by molar-refractivity contribution is -0.116. The second-order valence-electron chi connectivity index (χ2n) is 5.75. The summed E-state index contributed by atoms with van der Waals surface area (Å²) in [5.41, 5.74) is 0.169. The Hall–Kier alpha value is -2.08. The molecule has 22 heavy (non-hydrogen) atoms. The number of hydrogen-bond acceptors (Lipinski definition) is 4. The highest BCUT2D eigenvalue weighted by atomic mass is 16.4. The standard InChI is InChI=1S/C16H22N2O4/c1-18-9-3-2-4-12(18)6-8-15(20)17-11-5-7-14(19)13(10-11)16(21)22/h5,7,10,12,19H,2-4,6,8-9H2,1H3,(H,17,20)(H,21,22). The van der Waals surface area contributed by atoms with E-state index in [0.29, 0.717) is 18.2 Å². The van der Waals surface area contributed by atoms with Gasteiger partial charge in [0.2, 0.25) is 5.91 Å². The molecule has 1 fully saturated rings. The normalized spacial score (nSPS) is 18.9. The molecule has 120 valence electrons. The minimum Gasteiger partial charge on any atom is -0.507 e. The zero-order chi connectivity index (χ0) is 16.1. The Morgan fingerprint density at radius 2 is 2.14 bits per heavy atom. The van der Waals surface area contributed by atoms with Crippen molar-refractivity contribution in [3.05, 3.63) is 23.8 Å². The van der Waals surface area contributed by atoms with Crippen molar-refractivity contribution in [1.29, 1.82) is 0 Å². The van der Waals surface area contributed by atoms with E-state index >= 15 is 0 Å². The number of carbonyl (C=O) groups excluding carboxylic acids is 1. The number of nitrogens with one attached hydrogen (secondary N) is 1. The third-order valence-electron chi connectivity index (χ3n) is 4.14. The molecular weight excluding hydrogens is 284 g/mol. The van der Waals surface area contributed by atoms with E-state index in [0.717, 1.165) is 19.4 Å². The molecule has 1 aromatic rings. The maximum Gasteiger partial charge on any atom is 0.339 e. The van der Waals surface area contributed by atoms with E-state index in [4.69, 9.17) is 5.11 Å². The highest BCUT2D eigenvalue weighted by Gasteiger charge is 2.19. The van der Waals surface area contributed by atoms with Crippen molar-refractivity contribution in [2.24, 2.45) is 0 Å². The zero-order valence-corrected chi connectivity index (χ0v) is 12.7. The Bertz CT molecular complexity index is 559.